The van der Waals surface area contributed by atoms with E-state index in [1.165, 1.54) is 25.7 Å². The maximum Gasteiger partial charge on any atom is 0.135 e. The molecule has 1 aliphatic rings. The van der Waals surface area contributed by atoms with E-state index in [-0.39, 0.29) is 0 Å². The number of hydrogen-bond donors (Lipinski definition) is 0. The van der Waals surface area contributed by atoms with Gasteiger partial charge in [-0.3, -0.25) is 0 Å². The molecular weight excluding hydrogens is 579 g/mol. The lowest BCUT2D eigenvalue weighted by Gasteiger charge is -2.23. The molecule has 0 radical (unpaired) electrons. The monoisotopic (exact) mass is 605 g/mol. The molecular formula is C43H27NOS. The Morgan fingerprint density at radius 2 is 1.26 bits per heavy atom. The molecule has 0 amide bonds. The zero-order valence-electron chi connectivity index (χ0n) is 25.0. The van der Waals surface area contributed by atoms with Gasteiger partial charge >= 0.3 is 0 Å². The van der Waals surface area contributed by atoms with Crippen molar-refractivity contribution in [2.75, 3.05) is 0 Å². The molecule has 8 aromatic rings. The van der Waals surface area contributed by atoms with Gasteiger partial charge in [0.2, 0.25) is 0 Å². The van der Waals surface area contributed by atoms with Gasteiger partial charge in [-0.2, -0.15) is 5.26 Å². The lowest BCUT2D eigenvalue weighted by atomic mass is 9.80. The van der Waals surface area contributed by atoms with Crippen LogP contribution < -0.4 is 0 Å². The van der Waals surface area contributed by atoms with E-state index in [4.69, 9.17) is 4.42 Å². The molecule has 9 rings (SSSR count). The molecule has 0 atom stereocenters. The van der Waals surface area contributed by atoms with Gasteiger partial charge in [-0.05, 0) is 99.8 Å². The summed E-state index contributed by atoms with van der Waals surface area (Å²) < 4.78 is 8.79. The van der Waals surface area contributed by atoms with Crippen LogP contribution >= 0.6 is 11.3 Å². The maximum atomic E-state index is 10.2. The highest BCUT2D eigenvalue weighted by Crippen LogP contribution is 2.48. The smallest absolute Gasteiger partial charge is 0.135 e. The number of fused-ring (bicyclic) bond motifs is 6. The van der Waals surface area contributed by atoms with Gasteiger partial charge in [0.25, 0.3) is 0 Å². The molecule has 0 N–H and O–H groups in total. The Morgan fingerprint density at radius 1 is 0.565 bits per heavy atom. The first-order valence-corrected chi connectivity index (χ1v) is 16.4. The minimum atomic E-state index is 0.743. The third kappa shape index (κ3) is 4.23. The quantitative estimate of drug-likeness (QED) is 0.200. The number of benzene rings is 6. The van der Waals surface area contributed by atoms with Crippen molar-refractivity contribution < 1.29 is 4.42 Å². The van der Waals surface area contributed by atoms with Crippen LogP contribution in [-0.4, -0.2) is 0 Å². The number of furan rings is 1. The Morgan fingerprint density at radius 3 is 2.15 bits per heavy atom. The zero-order valence-corrected chi connectivity index (χ0v) is 25.8. The minimum Gasteiger partial charge on any atom is -0.456 e. The van der Waals surface area contributed by atoms with Gasteiger partial charge in [0.1, 0.15) is 11.2 Å². The number of thiophene rings is 1. The van der Waals surface area contributed by atoms with Crippen LogP contribution in [0.3, 0.4) is 0 Å². The molecule has 0 fully saturated rings. The van der Waals surface area contributed by atoms with Crippen molar-refractivity contribution in [3.8, 4) is 39.4 Å². The third-order valence-corrected chi connectivity index (χ3v) is 10.4. The fourth-order valence-electron chi connectivity index (χ4n) is 7.12. The van der Waals surface area contributed by atoms with Crippen LogP contribution in [0.5, 0.6) is 0 Å². The SMILES string of the molecule is N#CC1=C(c2ccc(-c3ccc4oc5ccccc5c4c3)c(-c3ccc4sc5ccccc5c4c3)c2-c2ccccc2)CCC=C1. The first-order valence-electron chi connectivity index (χ1n) is 15.6. The lowest BCUT2D eigenvalue weighted by Crippen LogP contribution is -2.00. The Labute approximate surface area is 270 Å². The molecule has 2 heterocycles. The summed E-state index contributed by atoms with van der Waals surface area (Å²) in [4.78, 5) is 0. The highest BCUT2D eigenvalue weighted by atomic mass is 32.1. The molecule has 0 unspecified atom stereocenters. The highest BCUT2D eigenvalue weighted by Gasteiger charge is 2.23. The van der Waals surface area contributed by atoms with E-state index in [0.29, 0.717) is 0 Å². The number of nitriles is 1. The Balaban J connectivity index is 1.41. The highest BCUT2D eigenvalue weighted by molar-refractivity contribution is 7.25. The molecule has 0 bridgehead atoms. The molecule has 2 aromatic heterocycles. The van der Waals surface area contributed by atoms with Crippen LogP contribution in [-0.2, 0) is 0 Å². The topological polar surface area (TPSA) is 36.9 Å². The van der Waals surface area contributed by atoms with E-state index in [2.05, 4.69) is 127 Å². The molecule has 0 saturated heterocycles. The third-order valence-electron chi connectivity index (χ3n) is 9.24. The fraction of sp³-hybridized carbons (Fsp3) is 0.0465. The number of para-hydroxylation sites is 1. The number of nitrogens with zero attached hydrogens (tertiary/aromatic N) is 1. The average Bonchev–Trinajstić information content (AvgIpc) is 3.69. The number of rotatable bonds is 4. The Hall–Kier alpha value is -5.69. The van der Waals surface area contributed by atoms with Gasteiger partial charge < -0.3 is 4.42 Å². The molecule has 3 heteroatoms. The summed E-state index contributed by atoms with van der Waals surface area (Å²) in [5.74, 6) is 0. The molecule has 2 nitrogen and oxygen atoms in total. The molecule has 216 valence electrons. The molecule has 0 spiro atoms. The van der Waals surface area contributed by atoms with Crippen molar-refractivity contribution in [1.29, 1.82) is 5.26 Å². The summed E-state index contributed by atoms with van der Waals surface area (Å²) in [5, 5.41) is 15.0. The minimum absolute atomic E-state index is 0.743. The van der Waals surface area contributed by atoms with Crippen molar-refractivity contribution in [3.63, 3.8) is 0 Å². The summed E-state index contributed by atoms with van der Waals surface area (Å²) in [6.45, 7) is 0. The van der Waals surface area contributed by atoms with E-state index >= 15 is 0 Å². The summed E-state index contributed by atoms with van der Waals surface area (Å²) in [5.41, 5.74) is 11.7. The Bertz CT molecular complexity index is 2590. The molecule has 6 aromatic carbocycles. The van der Waals surface area contributed by atoms with Crippen molar-refractivity contribution in [1.82, 2.24) is 0 Å². The average molecular weight is 606 g/mol. The summed E-state index contributed by atoms with van der Waals surface area (Å²) in [7, 11) is 0. The molecule has 0 saturated carbocycles. The van der Waals surface area contributed by atoms with E-state index < -0.39 is 0 Å². The second-order valence-corrected chi connectivity index (χ2v) is 12.9. The second kappa shape index (κ2) is 10.7. The van der Waals surface area contributed by atoms with Gasteiger partial charge in [0, 0.05) is 30.9 Å². The second-order valence-electron chi connectivity index (χ2n) is 11.8. The van der Waals surface area contributed by atoms with E-state index in [0.717, 1.165) is 79.3 Å². The van der Waals surface area contributed by atoms with Crippen molar-refractivity contribution in [3.05, 3.63) is 151 Å². The lowest BCUT2D eigenvalue weighted by molar-refractivity contribution is 0.669. The summed E-state index contributed by atoms with van der Waals surface area (Å²) >= 11 is 1.84. The normalized spacial score (nSPS) is 13.3. The summed E-state index contributed by atoms with van der Waals surface area (Å²) in [6, 6.07) is 48.1. The predicted molar refractivity (Wildman–Crippen MR) is 194 cm³/mol. The number of allylic oxidation sites excluding steroid dienone is 4. The van der Waals surface area contributed by atoms with Crippen LogP contribution in [0.25, 0.3) is 81.1 Å². The van der Waals surface area contributed by atoms with Gasteiger partial charge in [-0.15, -0.1) is 11.3 Å². The standard InChI is InChI=1S/C43H27NOS/c44-26-30-12-4-5-13-31(30)35-21-20-32(28-18-22-39-36(24-28)33-14-6-8-16-38(33)45-39)43(42(35)27-10-2-1-3-11-27)29-19-23-41-37(25-29)34-15-7-9-17-40(34)46-41/h1-4,6-12,14-25H,5,13H2. The molecule has 0 aliphatic heterocycles. The Kier molecular flexibility index (Phi) is 6.23. The fourth-order valence-corrected chi connectivity index (χ4v) is 8.21. The van der Waals surface area contributed by atoms with Gasteiger partial charge in [-0.25, -0.2) is 0 Å². The van der Waals surface area contributed by atoms with Crippen molar-refractivity contribution >= 4 is 59.0 Å². The predicted octanol–water partition coefficient (Wildman–Crippen LogP) is 12.6. The van der Waals surface area contributed by atoms with E-state index in [9.17, 15) is 5.26 Å². The van der Waals surface area contributed by atoms with Crippen LogP contribution in [0, 0.1) is 11.3 Å². The molecule has 1 aliphatic carbocycles. The van der Waals surface area contributed by atoms with Crippen LogP contribution in [0.4, 0.5) is 0 Å². The van der Waals surface area contributed by atoms with Gasteiger partial charge in [0.15, 0.2) is 0 Å². The largest absolute Gasteiger partial charge is 0.456 e. The maximum absolute atomic E-state index is 10.2. The van der Waals surface area contributed by atoms with Crippen LogP contribution in [0.1, 0.15) is 18.4 Å². The first kappa shape index (κ1) is 26.7. The van der Waals surface area contributed by atoms with Gasteiger partial charge in [-0.1, -0.05) is 97.1 Å². The van der Waals surface area contributed by atoms with Gasteiger partial charge in [0.05, 0.1) is 11.6 Å². The first-order chi connectivity index (χ1) is 22.8. The van der Waals surface area contributed by atoms with E-state index in [1.54, 1.807) is 0 Å². The van der Waals surface area contributed by atoms with E-state index in [1.807, 2.05) is 29.5 Å². The molecule has 46 heavy (non-hydrogen) atoms. The summed E-state index contributed by atoms with van der Waals surface area (Å²) in [6.07, 6.45) is 5.85. The van der Waals surface area contributed by atoms with Crippen molar-refractivity contribution in [2.45, 2.75) is 12.8 Å². The van der Waals surface area contributed by atoms with Crippen LogP contribution in [0.2, 0.25) is 0 Å². The number of hydrogen-bond acceptors (Lipinski definition) is 3. The zero-order chi connectivity index (χ0) is 30.6. The van der Waals surface area contributed by atoms with Crippen molar-refractivity contribution in [2.24, 2.45) is 0 Å². The van der Waals surface area contributed by atoms with Crippen LogP contribution in [0.15, 0.2) is 150 Å².